The number of aromatic nitrogens is 1. The van der Waals surface area contributed by atoms with E-state index in [9.17, 15) is 22.9 Å². The summed E-state index contributed by atoms with van der Waals surface area (Å²) in [7, 11) is -4.00. The van der Waals surface area contributed by atoms with Crippen LogP contribution in [-0.2, 0) is 16.6 Å². The Labute approximate surface area is 172 Å². The van der Waals surface area contributed by atoms with Crippen molar-refractivity contribution in [3.05, 3.63) is 87.3 Å². The van der Waals surface area contributed by atoms with Gasteiger partial charge in [-0.3, -0.25) is 10.1 Å². The minimum Gasteiger partial charge on any atom is -0.439 e. The van der Waals surface area contributed by atoms with Gasteiger partial charge in [-0.05, 0) is 60.9 Å². The van der Waals surface area contributed by atoms with Crippen LogP contribution in [0.2, 0.25) is 0 Å². The fraction of sp³-hybridized carbons (Fsp3) is 0.150. The third-order valence-corrected chi connectivity index (χ3v) is 5.93. The Morgan fingerprint density at radius 2 is 1.83 bits per heavy atom. The number of pyridine rings is 1. The second-order valence-electron chi connectivity index (χ2n) is 6.53. The van der Waals surface area contributed by atoms with Crippen LogP contribution in [0, 0.1) is 29.8 Å². The lowest BCUT2D eigenvalue weighted by Gasteiger charge is -2.12. The van der Waals surface area contributed by atoms with Crippen molar-refractivity contribution in [2.45, 2.75) is 25.3 Å². The molecular formula is C20H18FN3O5S. The van der Waals surface area contributed by atoms with E-state index < -0.39 is 20.8 Å². The lowest BCUT2D eigenvalue weighted by molar-refractivity contribution is -0.385. The van der Waals surface area contributed by atoms with Crippen molar-refractivity contribution in [3.8, 4) is 11.6 Å². The predicted molar refractivity (Wildman–Crippen MR) is 107 cm³/mol. The van der Waals surface area contributed by atoms with Gasteiger partial charge in [-0.2, -0.15) is 0 Å². The SMILES string of the molecule is Cc1cc([N+](=O)[O-])cc(S(=O)(=O)NCc2ccnc(Oc3ccc(F)cc3)c2)c1C. The van der Waals surface area contributed by atoms with Crippen LogP contribution in [0.25, 0.3) is 0 Å². The van der Waals surface area contributed by atoms with Gasteiger partial charge in [-0.15, -0.1) is 0 Å². The van der Waals surface area contributed by atoms with Gasteiger partial charge < -0.3 is 4.74 Å². The molecule has 8 nitrogen and oxygen atoms in total. The first kappa shape index (κ1) is 21.3. The molecule has 1 N–H and O–H groups in total. The maximum atomic E-state index is 13.0. The number of ether oxygens (including phenoxy) is 1. The van der Waals surface area contributed by atoms with E-state index >= 15 is 0 Å². The lowest BCUT2D eigenvalue weighted by Crippen LogP contribution is -2.24. The van der Waals surface area contributed by atoms with Crippen LogP contribution in [0.4, 0.5) is 10.1 Å². The summed E-state index contributed by atoms with van der Waals surface area (Å²) in [5.74, 6) is 0.190. The molecule has 0 bridgehead atoms. The first-order valence-electron chi connectivity index (χ1n) is 8.79. The number of nitro groups is 1. The number of nitro benzene ring substituents is 1. The van der Waals surface area contributed by atoms with Crippen molar-refractivity contribution in [2.75, 3.05) is 0 Å². The normalized spacial score (nSPS) is 11.3. The van der Waals surface area contributed by atoms with Crippen LogP contribution in [0.1, 0.15) is 16.7 Å². The largest absolute Gasteiger partial charge is 0.439 e. The highest BCUT2D eigenvalue weighted by atomic mass is 32.2. The highest BCUT2D eigenvalue weighted by Gasteiger charge is 2.22. The molecule has 1 aromatic heterocycles. The van der Waals surface area contributed by atoms with Gasteiger partial charge >= 0.3 is 0 Å². The van der Waals surface area contributed by atoms with Crippen molar-refractivity contribution in [1.82, 2.24) is 9.71 Å². The predicted octanol–water partition coefficient (Wildman–Crippen LogP) is 4.02. The van der Waals surface area contributed by atoms with Crippen LogP contribution in [0.3, 0.4) is 0 Å². The van der Waals surface area contributed by atoms with Crippen molar-refractivity contribution < 1.29 is 22.5 Å². The Balaban J connectivity index is 1.78. The zero-order valence-corrected chi connectivity index (χ0v) is 16.9. The molecule has 156 valence electrons. The highest BCUT2D eigenvalue weighted by molar-refractivity contribution is 7.89. The summed E-state index contributed by atoms with van der Waals surface area (Å²) in [5, 5.41) is 11.1. The third kappa shape index (κ3) is 4.97. The van der Waals surface area contributed by atoms with Crippen molar-refractivity contribution in [1.29, 1.82) is 0 Å². The molecule has 0 spiro atoms. The number of halogens is 1. The van der Waals surface area contributed by atoms with E-state index in [2.05, 4.69) is 9.71 Å². The minimum atomic E-state index is -4.00. The first-order chi connectivity index (χ1) is 14.2. The molecule has 0 atom stereocenters. The van der Waals surface area contributed by atoms with Crippen LogP contribution in [0.15, 0.2) is 59.6 Å². The van der Waals surface area contributed by atoms with E-state index in [0.29, 0.717) is 22.4 Å². The van der Waals surface area contributed by atoms with E-state index in [0.717, 1.165) is 6.07 Å². The van der Waals surface area contributed by atoms with E-state index in [-0.39, 0.29) is 23.0 Å². The quantitative estimate of drug-likeness (QED) is 0.447. The van der Waals surface area contributed by atoms with E-state index in [1.165, 1.54) is 42.6 Å². The second-order valence-corrected chi connectivity index (χ2v) is 8.26. The Bertz CT molecular complexity index is 1200. The maximum Gasteiger partial charge on any atom is 0.271 e. The summed E-state index contributed by atoms with van der Waals surface area (Å²) in [5.41, 5.74) is 1.20. The van der Waals surface area contributed by atoms with Gasteiger partial charge in [0.05, 0.1) is 9.82 Å². The number of hydrogen-bond donors (Lipinski definition) is 1. The average molecular weight is 431 g/mol. The van der Waals surface area contributed by atoms with E-state index in [1.807, 2.05) is 0 Å². The first-order valence-corrected chi connectivity index (χ1v) is 10.3. The summed E-state index contributed by atoms with van der Waals surface area (Å²) in [6, 6.07) is 10.9. The lowest BCUT2D eigenvalue weighted by atomic mass is 10.1. The minimum absolute atomic E-state index is 0.0776. The number of nitrogens with zero attached hydrogens (tertiary/aromatic N) is 2. The van der Waals surface area contributed by atoms with Gasteiger partial charge in [0, 0.05) is 30.9 Å². The zero-order chi connectivity index (χ0) is 21.9. The van der Waals surface area contributed by atoms with Gasteiger partial charge in [-0.25, -0.2) is 22.5 Å². The fourth-order valence-corrected chi connectivity index (χ4v) is 4.04. The molecule has 0 radical (unpaired) electrons. The van der Waals surface area contributed by atoms with Crippen molar-refractivity contribution in [2.24, 2.45) is 0 Å². The van der Waals surface area contributed by atoms with Gasteiger partial charge in [0.15, 0.2) is 0 Å². The summed E-state index contributed by atoms with van der Waals surface area (Å²) in [4.78, 5) is 14.3. The Hall–Kier alpha value is -3.37. The number of nitrogens with one attached hydrogen (secondary N) is 1. The van der Waals surface area contributed by atoms with Crippen LogP contribution < -0.4 is 9.46 Å². The summed E-state index contributed by atoms with van der Waals surface area (Å²) >= 11 is 0. The Morgan fingerprint density at radius 3 is 2.50 bits per heavy atom. The van der Waals surface area contributed by atoms with Crippen LogP contribution >= 0.6 is 0 Å². The molecule has 3 aromatic rings. The van der Waals surface area contributed by atoms with Crippen LogP contribution in [-0.4, -0.2) is 18.3 Å². The highest BCUT2D eigenvalue weighted by Crippen LogP contribution is 2.26. The summed E-state index contributed by atoms with van der Waals surface area (Å²) < 4.78 is 46.5. The molecular weight excluding hydrogens is 413 g/mol. The number of non-ortho nitro benzene ring substituents is 1. The second kappa shape index (κ2) is 8.56. The molecule has 10 heteroatoms. The maximum absolute atomic E-state index is 13.0. The van der Waals surface area contributed by atoms with E-state index in [4.69, 9.17) is 4.74 Å². The smallest absolute Gasteiger partial charge is 0.271 e. The standard InChI is InChI=1S/C20H18FN3O5S/c1-13-9-17(24(25)26)11-19(14(13)2)30(27,28)23-12-15-7-8-22-20(10-15)29-18-5-3-16(21)4-6-18/h3-11,23H,12H2,1-2H3. The number of hydrogen-bond acceptors (Lipinski definition) is 6. The molecule has 0 saturated carbocycles. The summed E-state index contributed by atoms with van der Waals surface area (Å²) in [6.45, 7) is 3.13. The molecule has 0 aliphatic carbocycles. The third-order valence-electron chi connectivity index (χ3n) is 4.41. The molecule has 2 aromatic carbocycles. The molecule has 0 unspecified atom stereocenters. The molecule has 0 amide bonds. The molecule has 0 fully saturated rings. The molecule has 1 heterocycles. The number of aryl methyl sites for hydroxylation is 1. The Morgan fingerprint density at radius 1 is 1.13 bits per heavy atom. The van der Waals surface area contributed by atoms with Gasteiger partial charge in [0.1, 0.15) is 11.6 Å². The fourth-order valence-electron chi connectivity index (χ4n) is 2.69. The van der Waals surface area contributed by atoms with Crippen molar-refractivity contribution >= 4 is 15.7 Å². The molecule has 0 aliphatic rings. The van der Waals surface area contributed by atoms with Gasteiger partial charge in [-0.1, -0.05) is 0 Å². The van der Waals surface area contributed by atoms with Crippen LogP contribution in [0.5, 0.6) is 11.6 Å². The van der Waals surface area contributed by atoms with E-state index in [1.54, 1.807) is 19.9 Å². The summed E-state index contributed by atoms with van der Waals surface area (Å²) in [6.07, 6.45) is 1.45. The monoisotopic (exact) mass is 431 g/mol. The van der Waals surface area contributed by atoms with Crippen molar-refractivity contribution in [3.63, 3.8) is 0 Å². The number of rotatable bonds is 7. The number of sulfonamides is 1. The van der Waals surface area contributed by atoms with Gasteiger partial charge in [0.2, 0.25) is 15.9 Å². The Kier molecular flexibility index (Phi) is 6.09. The zero-order valence-electron chi connectivity index (χ0n) is 16.1. The average Bonchev–Trinajstić information content (AvgIpc) is 2.70. The molecule has 30 heavy (non-hydrogen) atoms. The molecule has 3 rings (SSSR count). The molecule has 0 aliphatic heterocycles. The topological polar surface area (TPSA) is 111 Å². The molecule has 0 saturated heterocycles. The van der Waals surface area contributed by atoms with Gasteiger partial charge in [0.25, 0.3) is 5.69 Å². The number of benzene rings is 2.